The molecular formula is C55H62S2. The lowest BCUT2D eigenvalue weighted by molar-refractivity contribution is 0.786. The first-order valence-corrected chi connectivity index (χ1v) is 23.8. The van der Waals surface area contributed by atoms with Crippen molar-refractivity contribution in [1.29, 1.82) is 0 Å². The second-order valence-electron chi connectivity index (χ2n) is 17.6. The van der Waals surface area contributed by atoms with Crippen molar-refractivity contribution >= 4 is 64.9 Å². The number of hydrogen-bond donors (Lipinski definition) is 0. The number of rotatable bonds is 5. The minimum atomic E-state index is -1.01. The van der Waals surface area contributed by atoms with Gasteiger partial charge in [0.05, 0.1) is 0 Å². The van der Waals surface area contributed by atoms with Gasteiger partial charge < -0.3 is 0 Å². The Hall–Kier alpha value is -4.50. The Kier molecular flexibility index (Phi) is 13.0. The van der Waals surface area contributed by atoms with Gasteiger partial charge in [0.2, 0.25) is 0 Å². The molecule has 0 aliphatic rings. The molecule has 0 unspecified atom stereocenters. The van der Waals surface area contributed by atoms with Crippen LogP contribution in [0.3, 0.4) is 0 Å². The molecule has 0 nitrogen and oxygen atoms in total. The van der Waals surface area contributed by atoms with Crippen LogP contribution in [0.5, 0.6) is 0 Å². The Morgan fingerprint density at radius 1 is 0.509 bits per heavy atom. The highest BCUT2D eigenvalue weighted by Gasteiger charge is 2.30. The summed E-state index contributed by atoms with van der Waals surface area (Å²) in [7, 11) is -1.01. The summed E-state index contributed by atoms with van der Waals surface area (Å²) in [4.78, 5) is 2.81. The SMILES string of the molecule is CCC.Cc1c2cc(SC(C)(C)C)ccc2c(-c2cccc3ccccc23)c2cc(S(C)(C)C(C)(C)C)ccc12.c1ccc(Cc2cccc3ccccc23)cc1. The van der Waals surface area contributed by atoms with Crippen LogP contribution in [-0.2, 0) is 6.42 Å². The maximum atomic E-state index is 2.53. The van der Waals surface area contributed by atoms with E-state index in [4.69, 9.17) is 0 Å². The minimum absolute atomic E-state index is 0.174. The number of thioether (sulfide) groups is 1. The molecule has 0 aromatic heterocycles. The molecule has 0 aliphatic heterocycles. The summed E-state index contributed by atoms with van der Waals surface area (Å²) in [6.07, 6.45) is 7.19. The van der Waals surface area contributed by atoms with E-state index in [-0.39, 0.29) is 9.49 Å². The van der Waals surface area contributed by atoms with Crippen LogP contribution < -0.4 is 0 Å². The summed E-state index contributed by atoms with van der Waals surface area (Å²) in [5.41, 5.74) is 6.83. The lowest BCUT2D eigenvalue weighted by Crippen LogP contribution is -2.23. The van der Waals surface area contributed by atoms with Crippen molar-refractivity contribution in [1.82, 2.24) is 0 Å². The highest BCUT2D eigenvalue weighted by atomic mass is 32.3. The molecule has 294 valence electrons. The van der Waals surface area contributed by atoms with Crippen molar-refractivity contribution in [3.05, 3.63) is 168 Å². The molecule has 0 radical (unpaired) electrons. The van der Waals surface area contributed by atoms with Gasteiger partial charge in [-0.25, -0.2) is 10.0 Å². The topological polar surface area (TPSA) is 0 Å². The monoisotopic (exact) mass is 786 g/mol. The van der Waals surface area contributed by atoms with Crippen LogP contribution in [0.2, 0.25) is 0 Å². The Labute approximate surface area is 349 Å². The second kappa shape index (κ2) is 17.6. The molecule has 2 heteroatoms. The lowest BCUT2D eigenvalue weighted by atomic mass is 9.87. The van der Waals surface area contributed by atoms with Crippen molar-refractivity contribution in [2.45, 2.75) is 94.4 Å². The van der Waals surface area contributed by atoms with E-state index >= 15 is 0 Å². The highest BCUT2D eigenvalue weighted by molar-refractivity contribution is 8.33. The summed E-state index contributed by atoms with van der Waals surface area (Å²) in [6, 6.07) is 55.8. The fourth-order valence-electron chi connectivity index (χ4n) is 7.48. The third-order valence-electron chi connectivity index (χ3n) is 11.0. The van der Waals surface area contributed by atoms with Gasteiger partial charge in [-0.15, -0.1) is 11.8 Å². The summed E-state index contributed by atoms with van der Waals surface area (Å²) >= 11 is 1.95. The first kappa shape index (κ1) is 42.1. The number of aryl methyl sites for hydroxylation is 1. The van der Waals surface area contributed by atoms with E-state index < -0.39 is 10.0 Å². The van der Waals surface area contributed by atoms with Gasteiger partial charge >= 0.3 is 0 Å². The summed E-state index contributed by atoms with van der Waals surface area (Å²) in [6.45, 7) is 20.6. The molecule has 0 saturated carbocycles. The van der Waals surface area contributed by atoms with E-state index in [1.54, 1.807) is 0 Å². The van der Waals surface area contributed by atoms with Gasteiger partial charge in [0.1, 0.15) is 0 Å². The molecule has 8 aromatic carbocycles. The standard InChI is InChI=1S/C35H40S2.C17H14.C3H8/c1-23-27-20-18-26(37(8,9)35(5,6)7)22-32(27)33(29-16-12-14-24-13-10-11-15-28(24)29)30-19-17-25(21-31(23)30)36-34(2,3)4;1-2-7-14(8-3-1)13-16-11-6-10-15-9-4-5-12-17(15)16;1-3-2/h10-22H,1-9H3;1-12H,13H2;3H2,1-2H3. The van der Waals surface area contributed by atoms with Crippen LogP contribution in [-0.4, -0.2) is 22.0 Å². The van der Waals surface area contributed by atoms with Gasteiger partial charge in [0.15, 0.2) is 0 Å². The average molecular weight is 787 g/mol. The predicted octanol–water partition coefficient (Wildman–Crippen LogP) is 17.1. The average Bonchev–Trinajstić information content (AvgIpc) is 3.18. The number of benzene rings is 8. The molecule has 0 spiro atoms. The van der Waals surface area contributed by atoms with Gasteiger partial charge in [-0.3, -0.25) is 0 Å². The molecule has 0 amide bonds. The highest BCUT2D eigenvalue weighted by Crippen LogP contribution is 2.60. The van der Waals surface area contributed by atoms with Crippen LogP contribution in [0.1, 0.15) is 78.5 Å². The quantitative estimate of drug-likeness (QED) is 0.124. The third-order valence-corrected chi connectivity index (χ3v) is 16.6. The molecule has 0 N–H and O–H groups in total. The minimum Gasteiger partial charge on any atom is -0.215 e. The largest absolute Gasteiger partial charge is 0.215 e. The maximum absolute atomic E-state index is 2.53. The van der Waals surface area contributed by atoms with Gasteiger partial charge in [-0.1, -0.05) is 189 Å². The predicted molar refractivity (Wildman–Crippen MR) is 261 cm³/mol. The zero-order chi connectivity index (χ0) is 41.0. The van der Waals surface area contributed by atoms with Crippen molar-refractivity contribution in [2.75, 3.05) is 12.5 Å². The molecule has 0 fully saturated rings. The fraction of sp³-hybridized carbons (Fsp3) is 0.273. The molecule has 8 aromatic rings. The zero-order valence-electron chi connectivity index (χ0n) is 36.2. The normalized spacial score (nSPS) is 12.3. The van der Waals surface area contributed by atoms with Gasteiger partial charge in [0.25, 0.3) is 0 Å². The van der Waals surface area contributed by atoms with Crippen LogP contribution in [0.4, 0.5) is 0 Å². The van der Waals surface area contributed by atoms with E-state index in [2.05, 4.69) is 226 Å². The van der Waals surface area contributed by atoms with Crippen molar-refractivity contribution in [2.24, 2.45) is 0 Å². The van der Waals surface area contributed by atoms with E-state index in [1.807, 2.05) is 11.8 Å². The van der Waals surface area contributed by atoms with E-state index in [9.17, 15) is 0 Å². The molecule has 8 rings (SSSR count). The third kappa shape index (κ3) is 9.46. The van der Waals surface area contributed by atoms with Gasteiger partial charge in [-0.05, 0) is 131 Å². The number of hydrogen-bond acceptors (Lipinski definition) is 1. The van der Waals surface area contributed by atoms with Crippen LogP contribution >= 0.6 is 21.8 Å². The Morgan fingerprint density at radius 3 is 1.72 bits per heavy atom. The Bertz CT molecular complexity index is 2610. The van der Waals surface area contributed by atoms with E-state index in [0.717, 1.165) is 6.42 Å². The van der Waals surface area contributed by atoms with Crippen LogP contribution in [0.25, 0.3) is 54.2 Å². The summed E-state index contributed by atoms with van der Waals surface area (Å²) < 4.78 is 0.401. The van der Waals surface area contributed by atoms with Crippen molar-refractivity contribution in [3.63, 3.8) is 0 Å². The molecule has 0 saturated heterocycles. The van der Waals surface area contributed by atoms with E-state index in [1.165, 1.54) is 87.1 Å². The van der Waals surface area contributed by atoms with Crippen LogP contribution in [0.15, 0.2) is 161 Å². The Morgan fingerprint density at radius 2 is 1.07 bits per heavy atom. The molecule has 0 aliphatic carbocycles. The van der Waals surface area contributed by atoms with Crippen LogP contribution in [0, 0.1) is 6.92 Å². The van der Waals surface area contributed by atoms with Crippen molar-refractivity contribution in [3.8, 4) is 11.1 Å². The molecule has 0 heterocycles. The summed E-state index contributed by atoms with van der Waals surface area (Å²) in [5, 5.41) is 10.7. The number of fused-ring (bicyclic) bond motifs is 4. The Balaban J connectivity index is 0.000000227. The van der Waals surface area contributed by atoms with Gasteiger partial charge in [0, 0.05) is 9.64 Å². The lowest BCUT2D eigenvalue weighted by Gasteiger charge is -2.45. The molecule has 0 bridgehead atoms. The fourth-order valence-corrected chi connectivity index (χ4v) is 10.0. The maximum Gasteiger partial charge on any atom is 0.0122 e. The van der Waals surface area contributed by atoms with E-state index in [0.29, 0.717) is 0 Å². The molecular weight excluding hydrogens is 725 g/mol. The molecule has 57 heavy (non-hydrogen) atoms. The first-order valence-electron chi connectivity index (χ1n) is 20.5. The smallest absolute Gasteiger partial charge is 0.0122 e. The summed E-state index contributed by atoms with van der Waals surface area (Å²) in [5.74, 6) is 0. The van der Waals surface area contributed by atoms with Crippen molar-refractivity contribution < 1.29 is 0 Å². The zero-order valence-corrected chi connectivity index (χ0v) is 37.8. The second-order valence-corrected chi connectivity index (χ2v) is 23.9. The van der Waals surface area contributed by atoms with Gasteiger partial charge in [-0.2, -0.15) is 0 Å². The first-order chi connectivity index (χ1) is 27.1. The molecule has 0 atom stereocenters.